The summed E-state index contributed by atoms with van der Waals surface area (Å²) >= 11 is 0. The molecule has 11 heavy (non-hydrogen) atoms. The molecule has 1 rings (SSSR count). The summed E-state index contributed by atoms with van der Waals surface area (Å²) in [6.07, 6.45) is 4.32. The highest BCUT2D eigenvalue weighted by atomic mass is 16.2. The maximum Gasteiger partial charge on any atom is 0.222 e. The highest BCUT2D eigenvalue weighted by Gasteiger charge is 2.21. The second-order valence-corrected chi connectivity index (χ2v) is 3.29. The average Bonchev–Trinajstić information content (AvgIpc) is 2.04. The lowest BCUT2D eigenvalue weighted by Gasteiger charge is -2.33. The lowest BCUT2D eigenvalue weighted by Crippen LogP contribution is -2.41. The Morgan fingerprint density at radius 1 is 1.55 bits per heavy atom. The zero-order valence-corrected chi connectivity index (χ0v) is 7.47. The van der Waals surface area contributed by atoms with Gasteiger partial charge in [-0.05, 0) is 26.2 Å². The van der Waals surface area contributed by atoms with Gasteiger partial charge in [-0.25, -0.2) is 0 Å². The molecule has 0 aliphatic carbocycles. The van der Waals surface area contributed by atoms with Crippen molar-refractivity contribution in [3.63, 3.8) is 0 Å². The number of amides is 1. The Bertz CT molecular complexity index is 144. The van der Waals surface area contributed by atoms with Crippen LogP contribution in [0.4, 0.5) is 0 Å². The Morgan fingerprint density at radius 3 is 2.82 bits per heavy atom. The van der Waals surface area contributed by atoms with Gasteiger partial charge in [-0.3, -0.25) is 4.79 Å². The SMILES string of the molecule is CCC(=O)N1CCCC[C@@H]1C. The lowest BCUT2D eigenvalue weighted by molar-refractivity contribution is -0.134. The fourth-order valence-electron chi connectivity index (χ4n) is 1.67. The first-order chi connectivity index (χ1) is 5.25. The van der Waals surface area contributed by atoms with E-state index in [0.29, 0.717) is 18.4 Å². The molecule has 0 radical (unpaired) electrons. The maximum absolute atomic E-state index is 11.3. The molecule has 0 aromatic carbocycles. The van der Waals surface area contributed by atoms with Crippen molar-refractivity contribution >= 4 is 5.91 Å². The van der Waals surface area contributed by atoms with Crippen LogP contribution in [0, 0.1) is 0 Å². The summed E-state index contributed by atoms with van der Waals surface area (Å²) < 4.78 is 0. The van der Waals surface area contributed by atoms with Gasteiger partial charge in [0.2, 0.25) is 5.91 Å². The van der Waals surface area contributed by atoms with Gasteiger partial charge >= 0.3 is 0 Å². The largest absolute Gasteiger partial charge is 0.340 e. The van der Waals surface area contributed by atoms with Crippen LogP contribution in [-0.2, 0) is 4.79 Å². The number of piperidine rings is 1. The highest BCUT2D eigenvalue weighted by Crippen LogP contribution is 2.16. The Kier molecular flexibility index (Phi) is 2.92. The number of hydrogen-bond donors (Lipinski definition) is 0. The first-order valence-corrected chi connectivity index (χ1v) is 4.55. The molecule has 1 atom stereocenters. The fraction of sp³-hybridized carbons (Fsp3) is 0.889. The Balaban J connectivity index is 2.47. The van der Waals surface area contributed by atoms with Crippen LogP contribution in [0.15, 0.2) is 0 Å². The van der Waals surface area contributed by atoms with E-state index in [1.54, 1.807) is 0 Å². The summed E-state index contributed by atoms with van der Waals surface area (Å²) in [5.74, 6) is 0.317. The Labute approximate surface area is 68.6 Å². The molecule has 0 N–H and O–H groups in total. The summed E-state index contributed by atoms with van der Waals surface area (Å²) in [7, 11) is 0. The molecular formula is C9H17NO. The predicted molar refractivity (Wildman–Crippen MR) is 45.3 cm³/mol. The maximum atomic E-state index is 11.3. The van der Waals surface area contributed by atoms with Gasteiger partial charge in [0.05, 0.1) is 0 Å². The normalized spacial score (nSPS) is 25.3. The van der Waals surface area contributed by atoms with Crippen molar-refractivity contribution in [2.24, 2.45) is 0 Å². The highest BCUT2D eigenvalue weighted by molar-refractivity contribution is 5.76. The van der Waals surface area contributed by atoms with E-state index in [1.807, 2.05) is 11.8 Å². The van der Waals surface area contributed by atoms with E-state index >= 15 is 0 Å². The zero-order chi connectivity index (χ0) is 8.27. The van der Waals surface area contributed by atoms with Gasteiger partial charge < -0.3 is 4.90 Å². The Hall–Kier alpha value is -0.530. The third-order valence-corrected chi connectivity index (χ3v) is 2.43. The van der Waals surface area contributed by atoms with Gasteiger partial charge in [-0.1, -0.05) is 6.92 Å². The monoisotopic (exact) mass is 155 g/mol. The predicted octanol–water partition coefficient (Wildman–Crippen LogP) is 1.80. The number of nitrogens with zero attached hydrogens (tertiary/aromatic N) is 1. The van der Waals surface area contributed by atoms with Crippen molar-refractivity contribution in [1.82, 2.24) is 4.90 Å². The van der Waals surface area contributed by atoms with E-state index in [2.05, 4.69) is 6.92 Å². The minimum atomic E-state index is 0.317. The van der Waals surface area contributed by atoms with Crippen molar-refractivity contribution in [3.8, 4) is 0 Å². The van der Waals surface area contributed by atoms with Crippen molar-refractivity contribution in [1.29, 1.82) is 0 Å². The molecular weight excluding hydrogens is 138 g/mol. The minimum Gasteiger partial charge on any atom is -0.340 e. The standard InChI is InChI=1S/C9H17NO/c1-3-9(11)10-7-5-4-6-8(10)2/h8H,3-7H2,1-2H3/t8-/m0/s1. The molecule has 0 saturated carbocycles. The second-order valence-electron chi connectivity index (χ2n) is 3.29. The van der Waals surface area contributed by atoms with E-state index in [4.69, 9.17) is 0 Å². The quantitative estimate of drug-likeness (QED) is 0.565. The molecule has 0 aromatic rings. The number of carbonyl (C=O) groups is 1. The van der Waals surface area contributed by atoms with Crippen LogP contribution in [-0.4, -0.2) is 23.4 Å². The molecule has 2 nitrogen and oxygen atoms in total. The van der Waals surface area contributed by atoms with E-state index < -0.39 is 0 Å². The van der Waals surface area contributed by atoms with E-state index in [-0.39, 0.29) is 0 Å². The molecule has 0 bridgehead atoms. The van der Waals surface area contributed by atoms with Crippen LogP contribution in [0.25, 0.3) is 0 Å². The van der Waals surface area contributed by atoms with Crippen molar-refractivity contribution < 1.29 is 4.79 Å². The van der Waals surface area contributed by atoms with Crippen LogP contribution in [0.5, 0.6) is 0 Å². The molecule has 1 aliphatic rings. The molecule has 0 unspecified atom stereocenters. The minimum absolute atomic E-state index is 0.317. The third kappa shape index (κ3) is 1.95. The number of likely N-dealkylation sites (tertiary alicyclic amines) is 1. The van der Waals surface area contributed by atoms with Crippen LogP contribution in [0.3, 0.4) is 0 Å². The third-order valence-electron chi connectivity index (χ3n) is 2.43. The lowest BCUT2D eigenvalue weighted by atomic mass is 10.0. The van der Waals surface area contributed by atoms with Gasteiger partial charge in [-0.15, -0.1) is 0 Å². The molecule has 1 fully saturated rings. The van der Waals surface area contributed by atoms with E-state index in [0.717, 1.165) is 6.54 Å². The van der Waals surface area contributed by atoms with E-state index in [1.165, 1.54) is 19.3 Å². The summed E-state index contributed by atoms with van der Waals surface area (Å²) in [6, 6.07) is 0.483. The molecule has 1 aliphatic heterocycles. The smallest absolute Gasteiger partial charge is 0.222 e. The van der Waals surface area contributed by atoms with Gasteiger partial charge in [0.15, 0.2) is 0 Å². The van der Waals surface area contributed by atoms with E-state index in [9.17, 15) is 4.79 Å². The van der Waals surface area contributed by atoms with Crippen LogP contribution < -0.4 is 0 Å². The van der Waals surface area contributed by atoms with Crippen molar-refractivity contribution in [3.05, 3.63) is 0 Å². The second kappa shape index (κ2) is 3.74. The number of rotatable bonds is 1. The zero-order valence-electron chi connectivity index (χ0n) is 7.47. The Morgan fingerprint density at radius 2 is 2.27 bits per heavy atom. The molecule has 64 valence electrons. The van der Waals surface area contributed by atoms with Crippen molar-refractivity contribution in [2.45, 2.75) is 45.6 Å². The van der Waals surface area contributed by atoms with Crippen LogP contribution in [0.2, 0.25) is 0 Å². The first kappa shape index (κ1) is 8.57. The van der Waals surface area contributed by atoms with Crippen LogP contribution in [0.1, 0.15) is 39.5 Å². The summed E-state index contributed by atoms with van der Waals surface area (Å²) in [4.78, 5) is 13.3. The van der Waals surface area contributed by atoms with Gasteiger partial charge in [0.1, 0.15) is 0 Å². The molecule has 0 spiro atoms. The van der Waals surface area contributed by atoms with Crippen molar-refractivity contribution in [2.75, 3.05) is 6.54 Å². The van der Waals surface area contributed by atoms with Gasteiger partial charge in [0, 0.05) is 19.0 Å². The van der Waals surface area contributed by atoms with Crippen LogP contribution >= 0.6 is 0 Å². The van der Waals surface area contributed by atoms with Gasteiger partial charge in [-0.2, -0.15) is 0 Å². The molecule has 1 heterocycles. The van der Waals surface area contributed by atoms with Gasteiger partial charge in [0.25, 0.3) is 0 Å². The molecule has 0 aromatic heterocycles. The summed E-state index contributed by atoms with van der Waals surface area (Å²) in [6.45, 7) is 5.06. The number of carbonyl (C=O) groups excluding carboxylic acids is 1. The average molecular weight is 155 g/mol. The first-order valence-electron chi connectivity index (χ1n) is 4.55. The summed E-state index contributed by atoms with van der Waals surface area (Å²) in [5, 5.41) is 0. The molecule has 1 saturated heterocycles. The fourth-order valence-corrected chi connectivity index (χ4v) is 1.67. The number of hydrogen-bond acceptors (Lipinski definition) is 1. The molecule has 2 heteroatoms. The summed E-state index contributed by atoms with van der Waals surface area (Å²) in [5.41, 5.74) is 0. The topological polar surface area (TPSA) is 20.3 Å². The molecule has 1 amide bonds.